The summed E-state index contributed by atoms with van der Waals surface area (Å²) in [6, 6.07) is 15.4. The number of hydrogen-bond donors (Lipinski definition) is 0. The first-order chi connectivity index (χ1) is 14.4. The Morgan fingerprint density at radius 2 is 1.77 bits per heavy atom. The van der Waals surface area contributed by atoms with Gasteiger partial charge in [0, 0.05) is 18.0 Å². The largest absolute Gasteiger partial charge is 0.292 e. The second-order valence-corrected chi connectivity index (χ2v) is 9.05. The van der Waals surface area contributed by atoms with Crippen molar-refractivity contribution in [1.82, 2.24) is 9.91 Å². The van der Waals surface area contributed by atoms with E-state index < -0.39 is 0 Å². The van der Waals surface area contributed by atoms with Crippen molar-refractivity contribution in [3.8, 4) is 0 Å². The van der Waals surface area contributed by atoms with Crippen LogP contribution in [0.2, 0.25) is 0 Å². The molecule has 0 radical (unpaired) electrons. The van der Waals surface area contributed by atoms with Gasteiger partial charge in [0.15, 0.2) is 0 Å². The van der Waals surface area contributed by atoms with E-state index in [4.69, 9.17) is 5.10 Å². The fourth-order valence-corrected chi connectivity index (χ4v) is 4.64. The summed E-state index contributed by atoms with van der Waals surface area (Å²) in [5, 5.41) is 6.67. The Morgan fingerprint density at radius 3 is 2.50 bits per heavy atom. The highest BCUT2D eigenvalue weighted by Gasteiger charge is 2.35. The predicted octanol–water partition coefficient (Wildman–Crippen LogP) is 5.16. The molecule has 1 fully saturated rings. The lowest BCUT2D eigenvalue weighted by Gasteiger charge is -2.34. The molecule has 0 N–H and O–H groups in total. The van der Waals surface area contributed by atoms with Gasteiger partial charge in [-0.2, -0.15) is 5.10 Å². The molecule has 2 aromatic carbocycles. The van der Waals surface area contributed by atoms with Gasteiger partial charge in [0.05, 0.1) is 18.3 Å². The van der Waals surface area contributed by atoms with E-state index in [0.29, 0.717) is 12.6 Å². The minimum atomic E-state index is -0.0342. The molecular formula is C26H33N3O. The predicted molar refractivity (Wildman–Crippen MR) is 123 cm³/mol. The van der Waals surface area contributed by atoms with Crippen LogP contribution in [0.15, 0.2) is 47.6 Å². The van der Waals surface area contributed by atoms with E-state index in [1.54, 1.807) is 5.01 Å². The first-order valence-corrected chi connectivity index (χ1v) is 11.2. The van der Waals surface area contributed by atoms with E-state index >= 15 is 0 Å². The lowest BCUT2D eigenvalue weighted by Crippen LogP contribution is -2.44. The Hall–Kier alpha value is -2.46. The van der Waals surface area contributed by atoms with Gasteiger partial charge >= 0.3 is 0 Å². The molecule has 4 rings (SSSR count). The van der Waals surface area contributed by atoms with E-state index in [1.807, 2.05) is 0 Å². The van der Waals surface area contributed by atoms with Crippen LogP contribution in [-0.2, 0) is 4.79 Å². The zero-order chi connectivity index (χ0) is 21.3. The summed E-state index contributed by atoms with van der Waals surface area (Å²) >= 11 is 0. The molecule has 1 amide bonds. The normalized spacial score (nSPS) is 22.3. The van der Waals surface area contributed by atoms with Crippen molar-refractivity contribution in [2.75, 3.05) is 13.1 Å². The van der Waals surface area contributed by atoms with E-state index in [2.05, 4.69) is 75.1 Å². The molecule has 2 aromatic rings. The molecule has 4 heteroatoms. The van der Waals surface area contributed by atoms with Crippen molar-refractivity contribution in [2.24, 2.45) is 5.10 Å². The van der Waals surface area contributed by atoms with Crippen LogP contribution < -0.4 is 0 Å². The smallest absolute Gasteiger partial charge is 0.257 e. The maximum Gasteiger partial charge on any atom is 0.257 e. The van der Waals surface area contributed by atoms with Crippen LogP contribution in [-0.4, -0.2) is 40.7 Å². The van der Waals surface area contributed by atoms with E-state index in [9.17, 15) is 4.79 Å². The third-order valence-electron chi connectivity index (χ3n) is 6.61. The van der Waals surface area contributed by atoms with Gasteiger partial charge < -0.3 is 0 Å². The Bertz CT molecular complexity index is 947. The van der Waals surface area contributed by atoms with Crippen LogP contribution in [0, 0.1) is 20.8 Å². The van der Waals surface area contributed by atoms with Crippen LogP contribution in [0.3, 0.4) is 0 Å². The van der Waals surface area contributed by atoms with E-state index in [1.165, 1.54) is 36.0 Å². The molecule has 4 nitrogen and oxygen atoms in total. The highest BCUT2D eigenvalue weighted by Crippen LogP contribution is 2.34. The number of aryl methyl sites for hydroxylation is 3. The fraction of sp³-hybridized carbons (Fsp3) is 0.462. The van der Waals surface area contributed by atoms with Gasteiger partial charge in [0.25, 0.3) is 5.91 Å². The maximum absolute atomic E-state index is 13.4. The number of likely N-dealkylation sites (tertiary alicyclic amines) is 1. The minimum Gasteiger partial charge on any atom is -0.292 e. The van der Waals surface area contributed by atoms with E-state index in [-0.39, 0.29) is 11.9 Å². The number of nitrogens with zero attached hydrogens (tertiary/aromatic N) is 3. The summed E-state index contributed by atoms with van der Waals surface area (Å²) < 4.78 is 0. The summed E-state index contributed by atoms with van der Waals surface area (Å²) in [5.74, 6) is 0.106. The van der Waals surface area contributed by atoms with Crippen LogP contribution in [0.25, 0.3) is 0 Å². The van der Waals surface area contributed by atoms with Crippen molar-refractivity contribution < 1.29 is 4.79 Å². The minimum absolute atomic E-state index is 0.0342. The first-order valence-electron chi connectivity index (χ1n) is 11.2. The topological polar surface area (TPSA) is 35.9 Å². The number of hydrazone groups is 1. The molecule has 0 aromatic heterocycles. The summed E-state index contributed by atoms with van der Waals surface area (Å²) in [4.78, 5) is 15.7. The number of carbonyl (C=O) groups excluding carboxylic acids is 1. The van der Waals surface area contributed by atoms with Gasteiger partial charge in [-0.1, -0.05) is 53.9 Å². The van der Waals surface area contributed by atoms with E-state index in [0.717, 1.165) is 29.8 Å². The molecule has 0 unspecified atom stereocenters. The molecule has 0 aliphatic carbocycles. The van der Waals surface area contributed by atoms with Crippen molar-refractivity contribution in [1.29, 1.82) is 0 Å². The molecule has 30 heavy (non-hydrogen) atoms. The molecule has 0 bridgehead atoms. The van der Waals surface area contributed by atoms with Gasteiger partial charge in [-0.3, -0.25) is 9.69 Å². The Balaban J connectivity index is 1.64. The number of benzene rings is 2. The molecule has 2 atom stereocenters. The number of carbonyl (C=O) groups is 1. The van der Waals surface area contributed by atoms with Crippen LogP contribution in [0.1, 0.15) is 66.5 Å². The third kappa shape index (κ3) is 4.34. The summed E-state index contributed by atoms with van der Waals surface area (Å²) in [6.45, 7) is 10.0. The van der Waals surface area contributed by atoms with Gasteiger partial charge in [-0.05, 0) is 64.3 Å². The van der Waals surface area contributed by atoms with Crippen LogP contribution >= 0.6 is 0 Å². The van der Waals surface area contributed by atoms with Crippen LogP contribution in [0.5, 0.6) is 0 Å². The second kappa shape index (κ2) is 8.73. The molecule has 158 valence electrons. The Kier molecular flexibility index (Phi) is 6.05. The highest BCUT2D eigenvalue weighted by atomic mass is 16.2. The molecule has 2 heterocycles. The molecule has 0 saturated carbocycles. The van der Waals surface area contributed by atoms with Gasteiger partial charge in [-0.15, -0.1) is 0 Å². The third-order valence-corrected chi connectivity index (χ3v) is 6.61. The first kappa shape index (κ1) is 20.8. The van der Waals surface area contributed by atoms with Crippen LogP contribution in [0.4, 0.5) is 0 Å². The number of piperidine rings is 1. The van der Waals surface area contributed by atoms with Gasteiger partial charge in [-0.25, -0.2) is 5.01 Å². The maximum atomic E-state index is 13.4. The summed E-state index contributed by atoms with van der Waals surface area (Å²) in [6.07, 6.45) is 4.37. The zero-order valence-corrected chi connectivity index (χ0v) is 18.7. The Labute approximate surface area is 180 Å². The fourth-order valence-electron chi connectivity index (χ4n) is 4.64. The number of amides is 1. The monoisotopic (exact) mass is 403 g/mol. The van der Waals surface area contributed by atoms with Gasteiger partial charge in [0.1, 0.15) is 0 Å². The quantitative estimate of drug-likeness (QED) is 0.706. The van der Waals surface area contributed by atoms with Crippen molar-refractivity contribution >= 4 is 11.6 Å². The number of hydrogen-bond acceptors (Lipinski definition) is 3. The lowest BCUT2D eigenvalue weighted by molar-refractivity contribution is -0.135. The van der Waals surface area contributed by atoms with Crippen molar-refractivity contribution in [3.05, 3.63) is 70.3 Å². The molecule has 2 aliphatic heterocycles. The summed E-state index contributed by atoms with van der Waals surface area (Å²) in [7, 11) is 0. The summed E-state index contributed by atoms with van der Waals surface area (Å²) in [5.41, 5.74) is 6.99. The van der Waals surface area contributed by atoms with Crippen molar-refractivity contribution in [3.63, 3.8) is 0 Å². The van der Waals surface area contributed by atoms with Crippen molar-refractivity contribution in [2.45, 2.75) is 65.5 Å². The molecule has 2 aliphatic rings. The highest BCUT2D eigenvalue weighted by molar-refractivity contribution is 6.04. The lowest BCUT2D eigenvalue weighted by atomic mass is 9.94. The second-order valence-electron chi connectivity index (χ2n) is 9.05. The zero-order valence-electron chi connectivity index (χ0n) is 18.7. The Morgan fingerprint density at radius 1 is 1.03 bits per heavy atom. The average Bonchev–Trinajstić information content (AvgIpc) is 3.17. The molecule has 1 saturated heterocycles. The standard InChI is InChI=1S/C26H33N3O/c1-18-9-12-22(13-10-18)25-16-24(23-15-19(2)8-11-20(23)3)27-29(25)26(30)17-28-14-6-5-7-21(28)4/h8-13,15,21,25H,5-7,14,16-17H2,1-4H3/t21-,25-/m1/s1. The SMILES string of the molecule is Cc1ccc([C@H]2CC(c3cc(C)ccc3C)=NN2C(=O)CN2CCCC[C@H]2C)cc1. The number of rotatable bonds is 4. The molecule has 0 spiro atoms. The van der Waals surface area contributed by atoms with Gasteiger partial charge in [0.2, 0.25) is 0 Å². The molecular weight excluding hydrogens is 370 g/mol. The average molecular weight is 404 g/mol.